The number of hydrogen-bond acceptors (Lipinski definition) is 8. The highest BCUT2D eigenvalue weighted by Gasteiger charge is 2.59. The average Bonchev–Trinajstić information content (AvgIpc) is 3.64. The van der Waals surface area contributed by atoms with Crippen LogP contribution < -0.4 is 9.91 Å². The van der Waals surface area contributed by atoms with Crippen molar-refractivity contribution in [3.63, 3.8) is 0 Å². The third-order valence-corrected chi connectivity index (χ3v) is 7.73. The number of halogens is 1. The third-order valence-electron chi connectivity index (χ3n) is 7.48. The molecule has 10 nitrogen and oxygen atoms in total. The summed E-state index contributed by atoms with van der Waals surface area (Å²) >= 11 is 6.10. The van der Waals surface area contributed by atoms with E-state index < -0.39 is 35.5 Å². The molecule has 43 heavy (non-hydrogen) atoms. The van der Waals surface area contributed by atoms with Gasteiger partial charge in [0.05, 0.1) is 34.9 Å². The number of aryl methyl sites for hydroxylation is 1. The van der Waals surface area contributed by atoms with E-state index in [0.29, 0.717) is 27.8 Å². The van der Waals surface area contributed by atoms with Crippen molar-refractivity contribution in [3.8, 4) is 5.69 Å². The summed E-state index contributed by atoms with van der Waals surface area (Å²) in [4.78, 5) is 56.4. The normalized spacial score (nSPS) is 17.7. The van der Waals surface area contributed by atoms with Gasteiger partial charge in [0.1, 0.15) is 17.7 Å². The molecule has 0 bridgehead atoms. The Kier molecular flexibility index (Phi) is 7.15. The fourth-order valence-electron chi connectivity index (χ4n) is 5.42. The van der Waals surface area contributed by atoms with E-state index >= 15 is 0 Å². The van der Waals surface area contributed by atoms with Gasteiger partial charge < -0.3 is 4.74 Å². The first kappa shape index (κ1) is 28.0. The van der Waals surface area contributed by atoms with Crippen LogP contribution in [0.25, 0.3) is 5.69 Å². The molecule has 6 rings (SSSR count). The molecule has 2 atom stereocenters. The lowest BCUT2D eigenvalue weighted by Crippen LogP contribution is -2.39. The molecule has 2 aliphatic heterocycles. The molecule has 11 heteroatoms. The summed E-state index contributed by atoms with van der Waals surface area (Å²) in [6, 6.07) is 21.4. The molecule has 0 aliphatic carbocycles. The zero-order valence-electron chi connectivity index (χ0n) is 23.5. The number of aromatic nitrogens is 2. The van der Waals surface area contributed by atoms with E-state index in [1.54, 1.807) is 68.4 Å². The number of ether oxygens (including phenoxy) is 1. The van der Waals surface area contributed by atoms with Gasteiger partial charge in [0.2, 0.25) is 11.7 Å². The predicted molar refractivity (Wildman–Crippen MR) is 161 cm³/mol. The van der Waals surface area contributed by atoms with Crippen LogP contribution in [0.4, 0.5) is 11.4 Å². The maximum absolute atomic E-state index is 14.4. The van der Waals surface area contributed by atoms with Gasteiger partial charge >= 0.3 is 5.97 Å². The predicted octanol–water partition coefficient (Wildman–Crippen LogP) is 4.94. The van der Waals surface area contributed by atoms with Crippen molar-refractivity contribution in [1.82, 2.24) is 9.78 Å². The minimum atomic E-state index is -1.23. The van der Waals surface area contributed by atoms with E-state index in [9.17, 15) is 19.2 Å². The SMILES string of the molecule is CCOC(=O)c1nn(-c2ccc(C)cc2)c(C)c1C(=O)C1=NN(c2ccc(Cl)cc2)C2C(=O)N(c3ccccc3)C(=O)C12. The zero-order valence-corrected chi connectivity index (χ0v) is 24.3. The second kappa shape index (κ2) is 11.0. The molecular formula is C32H26ClN5O5. The molecule has 0 N–H and O–H groups in total. The molecule has 2 unspecified atom stereocenters. The number of hydrogen-bond donors (Lipinski definition) is 0. The van der Waals surface area contributed by atoms with Crippen molar-refractivity contribution in [2.45, 2.75) is 26.8 Å². The van der Waals surface area contributed by atoms with Crippen molar-refractivity contribution in [2.75, 3.05) is 16.5 Å². The number of carbonyl (C=O) groups excluding carboxylic acids is 4. The van der Waals surface area contributed by atoms with Crippen LogP contribution in [0.15, 0.2) is 84.0 Å². The van der Waals surface area contributed by atoms with Crippen LogP contribution in [-0.4, -0.2) is 51.7 Å². The van der Waals surface area contributed by atoms with E-state index in [4.69, 9.17) is 16.3 Å². The quantitative estimate of drug-likeness (QED) is 0.169. The summed E-state index contributed by atoms with van der Waals surface area (Å²) in [5.74, 6) is -3.83. The van der Waals surface area contributed by atoms with Gasteiger partial charge in [-0.25, -0.2) is 14.4 Å². The molecule has 0 saturated carbocycles. The summed E-state index contributed by atoms with van der Waals surface area (Å²) in [7, 11) is 0. The van der Waals surface area contributed by atoms with Crippen molar-refractivity contribution in [2.24, 2.45) is 11.0 Å². The van der Waals surface area contributed by atoms with E-state index in [0.717, 1.165) is 10.5 Å². The molecule has 0 spiro atoms. The molecule has 0 radical (unpaired) electrons. The van der Waals surface area contributed by atoms with Crippen LogP contribution in [0.3, 0.4) is 0 Å². The number of esters is 1. The number of imide groups is 1. The molecule has 3 aromatic carbocycles. The summed E-state index contributed by atoms with van der Waals surface area (Å²) in [6.45, 7) is 5.32. The van der Waals surface area contributed by atoms with Crippen LogP contribution in [-0.2, 0) is 14.3 Å². The number of amides is 2. The zero-order chi connectivity index (χ0) is 30.4. The summed E-state index contributed by atoms with van der Waals surface area (Å²) in [6.07, 6.45) is 0. The van der Waals surface area contributed by atoms with Gasteiger partial charge in [-0.15, -0.1) is 0 Å². The monoisotopic (exact) mass is 595 g/mol. The fraction of sp³-hybridized carbons (Fsp3) is 0.188. The van der Waals surface area contributed by atoms with Crippen molar-refractivity contribution < 1.29 is 23.9 Å². The molecule has 1 aromatic heterocycles. The number of rotatable bonds is 7. The number of hydrazone groups is 1. The number of anilines is 2. The second-order valence-electron chi connectivity index (χ2n) is 10.2. The summed E-state index contributed by atoms with van der Waals surface area (Å²) in [5, 5.41) is 10.9. The lowest BCUT2D eigenvalue weighted by molar-refractivity contribution is -0.121. The van der Waals surface area contributed by atoms with Crippen LogP contribution in [0, 0.1) is 19.8 Å². The van der Waals surface area contributed by atoms with Crippen LogP contribution >= 0.6 is 11.6 Å². The Labute approximate surface area is 252 Å². The molecule has 4 aromatic rings. The molecule has 1 fully saturated rings. The Morgan fingerprint density at radius 3 is 2.16 bits per heavy atom. The van der Waals surface area contributed by atoms with E-state index in [1.165, 1.54) is 9.69 Å². The number of nitrogens with zero attached hydrogens (tertiary/aromatic N) is 5. The highest BCUT2D eigenvalue weighted by atomic mass is 35.5. The van der Waals surface area contributed by atoms with E-state index in [1.807, 2.05) is 31.2 Å². The Balaban J connectivity index is 1.50. The minimum absolute atomic E-state index is 0.0482. The number of para-hydroxylation sites is 1. The average molecular weight is 596 g/mol. The smallest absolute Gasteiger partial charge is 0.359 e. The molecular weight excluding hydrogens is 570 g/mol. The van der Waals surface area contributed by atoms with Crippen LogP contribution in [0.5, 0.6) is 0 Å². The number of benzene rings is 3. The standard InChI is InChI=1S/C32H26ClN5O5/c1-4-43-32(42)27-24(19(3)37(35-27)22-14-10-18(2)11-15-22)29(39)26-25-28(38(34-26)23-16-12-20(33)13-17-23)31(41)36(30(25)40)21-8-6-5-7-9-21/h5-17,25,28H,4H2,1-3H3. The van der Waals surface area contributed by atoms with Gasteiger partial charge in [0, 0.05) is 5.02 Å². The van der Waals surface area contributed by atoms with Gasteiger partial charge in [0.15, 0.2) is 5.69 Å². The van der Waals surface area contributed by atoms with E-state index in [-0.39, 0.29) is 23.6 Å². The first-order chi connectivity index (χ1) is 20.7. The number of fused-ring (bicyclic) bond motifs is 1. The topological polar surface area (TPSA) is 114 Å². The first-order valence-electron chi connectivity index (χ1n) is 13.7. The fourth-order valence-corrected chi connectivity index (χ4v) is 5.55. The third kappa shape index (κ3) is 4.69. The van der Waals surface area contributed by atoms with Gasteiger partial charge in [-0.2, -0.15) is 10.2 Å². The number of Topliss-reactive ketones (excluding diaryl/α,β-unsaturated/α-hetero) is 1. The number of ketones is 1. The Bertz CT molecular complexity index is 1800. The molecule has 2 amide bonds. The maximum atomic E-state index is 14.4. The molecule has 3 heterocycles. The maximum Gasteiger partial charge on any atom is 0.359 e. The molecule has 2 aliphatic rings. The summed E-state index contributed by atoms with van der Waals surface area (Å²) in [5.41, 5.74) is 2.44. The molecule has 216 valence electrons. The lowest BCUT2D eigenvalue weighted by atomic mass is 9.91. The van der Waals surface area contributed by atoms with Crippen LogP contribution in [0.2, 0.25) is 5.02 Å². The second-order valence-corrected chi connectivity index (χ2v) is 10.6. The van der Waals surface area contributed by atoms with Gasteiger partial charge in [-0.3, -0.25) is 19.4 Å². The lowest BCUT2D eigenvalue weighted by Gasteiger charge is -2.22. The van der Waals surface area contributed by atoms with Gasteiger partial charge in [0.25, 0.3) is 5.91 Å². The van der Waals surface area contributed by atoms with Crippen LogP contribution in [0.1, 0.15) is 39.0 Å². The first-order valence-corrected chi connectivity index (χ1v) is 14.0. The highest BCUT2D eigenvalue weighted by Crippen LogP contribution is 2.39. The number of carbonyl (C=O) groups is 4. The van der Waals surface area contributed by atoms with Crippen molar-refractivity contribution in [3.05, 3.63) is 106 Å². The van der Waals surface area contributed by atoms with E-state index in [2.05, 4.69) is 10.2 Å². The molecule has 1 saturated heterocycles. The largest absolute Gasteiger partial charge is 0.461 e. The Morgan fingerprint density at radius 2 is 1.51 bits per heavy atom. The van der Waals surface area contributed by atoms with Gasteiger partial charge in [-0.1, -0.05) is 47.5 Å². The Morgan fingerprint density at radius 1 is 0.860 bits per heavy atom. The summed E-state index contributed by atoms with van der Waals surface area (Å²) < 4.78 is 6.73. The van der Waals surface area contributed by atoms with Crippen molar-refractivity contribution in [1.29, 1.82) is 0 Å². The highest BCUT2D eigenvalue weighted by molar-refractivity contribution is 6.54. The van der Waals surface area contributed by atoms with Crippen molar-refractivity contribution >= 4 is 52.3 Å². The van der Waals surface area contributed by atoms with Gasteiger partial charge in [-0.05, 0) is 69.3 Å². The Hall–Kier alpha value is -5.09. The minimum Gasteiger partial charge on any atom is -0.461 e.